The summed E-state index contributed by atoms with van der Waals surface area (Å²) in [6, 6.07) is 7.86. The van der Waals surface area contributed by atoms with Gasteiger partial charge in [0.15, 0.2) is 0 Å². The van der Waals surface area contributed by atoms with Crippen LogP contribution in [0.15, 0.2) is 24.3 Å². The van der Waals surface area contributed by atoms with Crippen LogP contribution in [0.2, 0.25) is 0 Å². The first kappa shape index (κ1) is 20.3. The molecule has 1 saturated carbocycles. The van der Waals surface area contributed by atoms with Crippen molar-refractivity contribution in [2.75, 3.05) is 19.6 Å². The average Bonchev–Trinajstić information content (AvgIpc) is 2.65. The molecular formula is C23H36N2O2. The normalized spacial score (nSPS) is 28.8. The van der Waals surface area contributed by atoms with Crippen LogP contribution in [-0.4, -0.2) is 41.1 Å². The zero-order valence-electron chi connectivity index (χ0n) is 17.0. The minimum Gasteiger partial charge on any atom is -0.390 e. The fourth-order valence-corrected chi connectivity index (χ4v) is 5.07. The van der Waals surface area contributed by atoms with Gasteiger partial charge in [0, 0.05) is 12.1 Å². The lowest BCUT2D eigenvalue weighted by atomic mass is 9.67. The Morgan fingerprint density at radius 1 is 1.26 bits per heavy atom. The summed E-state index contributed by atoms with van der Waals surface area (Å²) in [5.41, 5.74) is 6.97. The molecule has 1 heterocycles. The smallest absolute Gasteiger partial charge is 0.248 e. The summed E-state index contributed by atoms with van der Waals surface area (Å²) < 4.78 is 0. The van der Waals surface area contributed by atoms with Gasteiger partial charge in [0.1, 0.15) is 0 Å². The van der Waals surface area contributed by atoms with Gasteiger partial charge in [-0.3, -0.25) is 4.79 Å². The van der Waals surface area contributed by atoms with Gasteiger partial charge < -0.3 is 15.7 Å². The number of carbonyl (C=O) groups excluding carboxylic acids is 1. The average molecular weight is 373 g/mol. The van der Waals surface area contributed by atoms with Gasteiger partial charge in [-0.15, -0.1) is 0 Å². The van der Waals surface area contributed by atoms with Gasteiger partial charge in [0.2, 0.25) is 5.91 Å². The molecule has 4 heteroatoms. The number of benzene rings is 1. The topological polar surface area (TPSA) is 66.6 Å². The van der Waals surface area contributed by atoms with E-state index in [0.29, 0.717) is 11.5 Å². The van der Waals surface area contributed by atoms with Gasteiger partial charge in [0.05, 0.1) is 5.60 Å². The van der Waals surface area contributed by atoms with Crippen molar-refractivity contribution in [3.05, 3.63) is 35.4 Å². The number of aliphatic hydroxyl groups is 1. The monoisotopic (exact) mass is 372 g/mol. The maximum Gasteiger partial charge on any atom is 0.248 e. The number of primary amides is 1. The lowest BCUT2D eigenvalue weighted by Crippen LogP contribution is -2.47. The number of amides is 1. The molecule has 1 aromatic carbocycles. The van der Waals surface area contributed by atoms with Crippen molar-refractivity contribution >= 4 is 5.91 Å². The Hall–Kier alpha value is -1.39. The molecule has 0 radical (unpaired) electrons. The molecule has 0 bridgehead atoms. The number of hydrogen-bond acceptors (Lipinski definition) is 3. The highest BCUT2D eigenvalue weighted by molar-refractivity contribution is 5.92. The molecule has 2 aliphatic rings. The van der Waals surface area contributed by atoms with E-state index < -0.39 is 5.60 Å². The quantitative estimate of drug-likeness (QED) is 0.797. The molecular weight excluding hydrogens is 336 g/mol. The summed E-state index contributed by atoms with van der Waals surface area (Å²) in [6.45, 7) is 7.84. The Morgan fingerprint density at radius 2 is 2.00 bits per heavy atom. The zero-order chi connectivity index (χ0) is 19.5. The molecule has 3 N–H and O–H groups in total. The van der Waals surface area contributed by atoms with Gasteiger partial charge in [-0.25, -0.2) is 0 Å². The van der Waals surface area contributed by atoms with Crippen LogP contribution in [0.1, 0.15) is 81.1 Å². The van der Waals surface area contributed by atoms with Crippen molar-refractivity contribution < 1.29 is 9.90 Å². The Kier molecular flexibility index (Phi) is 6.27. The van der Waals surface area contributed by atoms with Gasteiger partial charge in [-0.2, -0.15) is 0 Å². The fourth-order valence-electron chi connectivity index (χ4n) is 5.07. The molecule has 1 aliphatic heterocycles. The van der Waals surface area contributed by atoms with Crippen LogP contribution in [0.25, 0.3) is 0 Å². The second-order valence-electron chi connectivity index (χ2n) is 9.20. The first-order valence-corrected chi connectivity index (χ1v) is 10.7. The molecule has 1 saturated heterocycles. The predicted molar refractivity (Wildman–Crippen MR) is 110 cm³/mol. The van der Waals surface area contributed by atoms with Crippen molar-refractivity contribution in [2.45, 2.75) is 76.2 Å². The van der Waals surface area contributed by atoms with Crippen molar-refractivity contribution in [1.82, 2.24) is 4.90 Å². The van der Waals surface area contributed by atoms with Crippen LogP contribution in [0.5, 0.6) is 0 Å². The SMILES string of the molecule is CC1CN(CCCC2(O)CCCCC2)CCC1(C)c1cccc(C(N)=O)c1. The third-order valence-electron chi connectivity index (χ3n) is 7.27. The number of likely N-dealkylation sites (tertiary alicyclic amines) is 1. The van der Waals surface area contributed by atoms with Crippen molar-refractivity contribution in [2.24, 2.45) is 11.7 Å². The molecule has 27 heavy (non-hydrogen) atoms. The molecule has 1 aromatic rings. The Labute approximate surface area is 164 Å². The molecule has 3 rings (SSSR count). The summed E-state index contributed by atoms with van der Waals surface area (Å²) in [6.07, 6.45) is 8.71. The predicted octanol–water partition coefficient (Wildman–Crippen LogP) is 3.86. The van der Waals surface area contributed by atoms with Gasteiger partial charge in [-0.1, -0.05) is 45.2 Å². The molecule has 4 nitrogen and oxygen atoms in total. The number of rotatable bonds is 6. The fraction of sp³-hybridized carbons (Fsp3) is 0.696. The second kappa shape index (κ2) is 8.32. The van der Waals surface area contributed by atoms with E-state index in [9.17, 15) is 9.90 Å². The van der Waals surface area contributed by atoms with Crippen LogP contribution >= 0.6 is 0 Å². The zero-order valence-corrected chi connectivity index (χ0v) is 17.0. The number of nitrogens with zero attached hydrogens (tertiary/aromatic N) is 1. The molecule has 2 fully saturated rings. The maximum atomic E-state index is 11.5. The molecule has 2 unspecified atom stereocenters. The van der Waals surface area contributed by atoms with E-state index in [0.717, 1.165) is 51.7 Å². The van der Waals surface area contributed by atoms with E-state index in [1.165, 1.54) is 24.8 Å². The second-order valence-corrected chi connectivity index (χ2v) is 9.20. The van der Waals surface area contributed by atoms with Crippen LogP contribution in [0, 0.1) is 5.92 Å². The highest BCUT2D eigenvalue weighted by Crippen LogP contribution is 2.40. The highest BCUT2D eigenvalue weighted by atomic mass is 16.3. The summed E-state index contributed by atoms with van der Waals surface area (Å²) >= 11 is 0. The molecule has 1 amide bonds. The third-order valence-corrected chi connectivity index (χ3v) is 7.27. The standard InChI is InChI=1S/C23H36N2O2/c1-18-17-25(14-7-12-23(27)10-4-3-5-11-23)15-13-22(18,2)20-9-6-8-19(16-20)21(24)26/h6,8-9,16,18,27H,3-5,7,10-15,17H2,1-2H3,(H2,24,26). The molecule has 150 valence electrons. The first-order chi connectivity index (χ1) is 12.8. The third kappa shape index (κ3) is 4.72. The Balaban J connectivity index is 1.55. The van der Waals surface area contributed by atoms with Crippen LogP contribution in [0.3, 0.4) is 0 Å². The summed E-state index contributed by atoms with van der Waals surface area (Å²) in [7, 11) is 0. The first-order valence-electron chi connectivity index (χ1n) is 10.7. The molecule has 0 spiro atoms. The number of nitrogens with two attached hydrogens (primary N) is 1. The molecule has 0 aromatic heterocycles. The number of piperidine rings is 1. The highest BCUT2D eigenvalue weighted by Gasteiger charge is 2.38. The minimum atomic E-state index is -0.399. The Morgan fingerprint density at radius 3 is 2.67 bits per heavy atom. The molecule has 2 atom stereocenters. The number of carbonyl (C=O) groups is 1. The van der Waals surface area contributed by atoms with Crippen LogP contribution in [-0.2, 0) is 5.41 Å². The molecule has 1 aliphatic carbocycles. The minimum absolute atomic E-state index is 0.0729. The van der Waals surface area contributed by atoms with Crippen LogP contribution in [0.4, 0.5) is 0 Å². The van der Waals surface area contributed by atoms with E-state index >= 15 is 0 Å². The lowest BCUT2D eigenvalue weighted by molar-refractivity contribution is -0.00895. The van der Waals surface area contributed by atoms with E-state index in [1.54, 1.807) is 6.07 Å². The van der Waals surface area contributed by atoms with Crippen LogP contribution < -0.4 is 5.73 Å². The number of hydrogen-bond donors (Lipinski definition) is 2. The van der Waals surface area contributed by atoms with Gasteiger partial charge in [-0.05, 0) is 74.2 Å². The van der Waals surface area contributed by atoms with Crippen molar-refractivity contribution in [1.29, 1.82) is 0 Å². The van der Waals surface area contributed by atoms with E-state index in [2.05, 4.69) is 24.8 Å². The van der Waals surface area contributed by atoms with E-state index in [4.69, 9.17) is 5.73 Å². The summed E-state index contributed by atoms with van der Waals surface area (Å²) in [5, 5.41) is 10.7. The van der Waals surface area contributed by atoms with Gasteiger partial charge in [0.25, 0.3) is 0 Å². The summed E-state index contributed by atoms with van der Waals surface area (Å²) in [5.74, 6) is 0.151. The largest absolute Gasteiger partial charge is 0.390 e. The van der Waals surface area contributed by atoms with Crippen molar-refractivity contribution in [3.63, 3.8) is 0 Å². The van der Waals surface area contributed by atoms with E-state index in [1.807, 2.05) is 12.1 Å². The maximum absolute atomic E-state index is 11.5. The van der Waals surface area contributed by atoms with E-state index in [-0.39, 0.29) is 11.3 Å². The van der Waals surface area contributed by atoms with Gasteiger partial charge >= 0.3 is 0 Å². The van der Waals surface area contributed by atoms with Crippen molar-refractivity contribution in [3.8, 4) is 0 Å². The summed E-state index contributed by atoms with van der Waals surface area (Å²) in [4.78, 5) is 14.1. The lowest BCUT2D eigenvalue weighted by Gasteiger charge is -2.45. The Bertz CT molecular complexity index is 654.